The van der Waals surface area contributed by atoms with E-state index in [1.165, 1.54) is 11.1 Å². The number of thioether (sulfide) groups is 1. The second-order valence-corrected chi connectivity index (χ2v) is 4.63. The third-order valence-electron chi connectivity index (χ3n) is 2.40. The van der Waals surface area contributed by atoms with Crippen LogP contribution in [0.1, 0.15) is 16.5 Å². The molecule has 64 valence electrons. The standard InChI is InChI=1S/C10H11ClS/c1-12-9-6-7-4-2-3-5-8(7)10(9)11/h2-5,9-10H,6H2,1H3/t9-,10-/m1/s1. The van der Waals surface area contributed by atoms with Gasteiger partial charge in [0.25, 0.3) is 0 Å². The molecule has 0 fully saturated rings. The van der Waals surface area contributed by atoms with E-state index < -0.39 is 0 Å². The number of hydrogen-bond acceptors (Lipinski definition) is 1. The second kappa shape index (κ2) is 3.31. The van der Waals surface area contributed by atoms with E-state index in [2.05, 4.69) is 30.5 Å². The fourth-order valence-electron chi connectivity index (χ4n) is 1.71. The normalized spacial score (nSPS) is 27.2. The zero-order valence-electron chi connectivity index (χ0n) is 6.96. The molecule has 1 aromatic carbocycles. The lowest BCUT2D eigenvalue weighted by molar-refractivity contribution is 0.907. The van der Waals surface area contributed by atoms with Crippen LogP contribution in [0, 0.1) is 0 Å². The van der Waals surface area contributed by atoms with Crippen LogP contribution in [0.2, 0.25) is 0 Å². The minimum absolute atomic E-state index is 0.219. The van der Waals surface area contributed by atoms with Gasteiger partial charge < -0.3 is 0 Å². The lowest BCUT2D eigenvalue weighted by Crippen LogP contribution is -2.02. The third-order valence-corrected chi connectivity index (χ3v) is 4.14. The minimum atomic E-state index is 0.219. The quantitative estimate of drug-likeness (QED) is 0.625. The number of rotatable bonds is 1. The highest BCUT2D eigenvalue weighted by atomic mass is 35.5. The molecule has 0 nitrogen and oxygen atoms in total. The Hall–Kier alpha value is -0.140. The van der Waals surface area contributed by atoms with Crippen LogP contribution in [0.4, 0.5) is 0 Å². The molecular formula is C10H11ClS. The molecule has 0 N–H and O–H groups in total. The average molecular weight is 199 g/mol. The van der Waals surface area contributed by atoms with Crippen molar-refractivity contribution in [3.8, 4) is 0 Å². The first-order valence-corrected chi connectivity index (χ1v) is 5.80. The highest BCUT2D eigenvalue weighted by Crippen LogP contribution is 2.41. The molecule has 0 aromatic heterocycles. The Morgan fingerprint density at radius 3 is 2.83 bits per heavy atom. The van der Waals surface area contributed by atoms with Crippen molar-refractivity contribution in [2.75, 3.05) is 6.26 Å². The summed E-state index contributed by atoms with van der Waals surface area (Å²) < 4.78 is 0. The maximum Gasteiger partial charge on any atom is 0.0709 e. The zero-order chi connectivity index (χ0) is 8.55. The maximum absolute atomic E-state index is 6.29. The van der Waals surface area contributed by atoms with Crippen molar-refractivity contribution >= 4 is 23.4 Å². The maximum atomic E-state index is 6.29. The summed E-state index contributed by atoms with van der Waals surface area (Å²) in [5.74, 6) is 0. The topological polar surface area (TPSA) is 0 Å². The summed E-state index contributed by atoms with van der Waals surface area (Å²) in [6, 6.07) is 8.48. The van der Waals surface area contributed by atoms with Gasteiger partial charge in [0.1, 0.15) is 0 Å². The van der Waals surface area contributed by atoms with Gasteiger partial charge >= 0.3 is 0 Å². The van der Waals surface area contributed by atoms with Gasteiger partial charge in [0.05, 0.1) is 5.38 Å². The second-order valence-electron chi connectivity index (χ2n) is 3.08. The van der Waals surface area contributed by atoms with Crippen molar-refractivity contribution in [2.24, 2.45) is 0 Å². The SMILES string of the molecule is CS[C@@H]1Cc2ccccc2[C@H]1Cl. The fourth-order valence-corrected chi connectivity index (χ4v) is 3.05. The molecule has 0 unspecified atom stereocenters. The van der Waals surface area contributed by atoms with Gasteiger partial charge in [-0.05, 0) is 23.8 Å². The molecule has 0 radical (unpaired) electrons. The summed E-state index contributed by atoms with van der Waals surface area (Å²) >= 11 is 8.15. The van der Waals surface area contributed by atoms with Gasteiger partial charge in [-0.25, -0.2) is 0 Å². The van der Waals surface area contributed by atoms with Crippen LogP contribution in [0.15, 0.2) is 24.3 Å². The number of benzene rings is 1. The van der Waals surface area contributed by atoms with Crippen molar-refractivity contribution in [3.05, 3.63) is 35.4 Å². The summed E-state index contributed by atoms with van der Waals surface area (Å²) in [5, 5.41) is 0.792. The molecule has 1 aliphatic rings. The smallest absolute Gasteiger partial charge is 0.0709 e. The lowest BCUT2D eigenvalue weighted by Gasteiger charge is -2.09. The van der Waals surface area contributed by atoms with E-state index in [4.69, 9.17) is 11.6 Å². The molecule has 0 spiro atoms. The van der Waals surface area contributed by atoms with Crippen LogP contribution >= 0.6 is 23.4 Å². The molecule has 0 saturated heterocycles. The molecule has 0 aliphatic heterocycles. The predicted molar refractivity (Wildman–Crippen MR) is 56.0 cm³/mol. The average Bonchev–Trinajstić information content (AvgIpc) is 2.44. The molecule has 1 aliphatic carbocycles. The van der Waals surface area contributed by atoms with Crippen LogP contribution in [0.5, 0.6) is 0 Å². The van der Waals surface area contributed by atoms with Crippen molar-refractivity contribution < 1.29 is 0 Å². The summed E-state index contributed by atoms with van der Waals surface area (Å²) in [4.78, 5) is 0. The van der Waals surface area contributed by atoms with Crippen molar-refractivity contribution in [2.45, 2.75) is 17.0 Å². The predicted octanol–water partition coefficient (Wildman–Crippen LogP) is 3.25. The van der Waals surface area contributed by atoms with Gasteiger partial charge in [-0.3, -0.25) is 0 Å². The first-order valence-electron chi connectivity index (χ1n) is 4.07. The van der Waals surface area contributed by atoms with Gasteiger partial charge in [-0.2, -0.15) is 11.8 Å². The van der Waals surface area contributed by atoms with E-state index in [0.717, 1.165) is 6.42 Å². The summed E-state index contributed by atoms with van der Waals surface area (Å²) in [7, 11) is 0. The van der Waals surface area contributed by atoms with E-state index in [-0.39, 0.29) is 5.38 Å². The Labute approximate surface area is 82.3 Å². The van der Waals surface area contributed by atoms with E-state index in [0.29, 0.717) is 5.25 Å². The zero-order valence-corrected chi connectivity index (χ0v) is 8.53. The molecule has 0 amide bonds. The number of halogens is 1. The Morgan fingerprint density at radius 2 is 2.17 bits per heavy atom. The van der Waals surface area contributed by atoms with Gasteiger partial charge in [0.2, 0.25) is 0 Å². The van der Waals surface area contributed by atoms with Crippen LogP contribution in [0.3, 0.4) is 0 Å². The van der Waals surface area contributed by atoms with E-state index in [1.807, 2.05) is 11.8 Å². The molecule has 2 heteroatoms. The third kappa shape index (κ3) is 1.25. The van der Waals surface area contributed by atoms with Gasteiger partial charge in [-0.15, -0.1) is 11.6 Å². The molecule has 0 saturated carbocycles. The van der Waals surface area contributed by atoms with Gasteiger partial charge in [-0.1, -0.05) is 24.3 Å². The van der Waals surface area contributed by atoms with Crippen molar-refractivity contribution in [1.82, 2.24) is 0 Å². The Balaban J connectivity index is 2.35. The number of hydrogen-bond donors (Lipinski definition) is 0. The largest absolute Gasteiger partial charge is 0.160 e. The summed E-state index contributed by atoms with van der Waals surface area (Å²) in [5.41, 5.74) is 2.76. The Kier molecular flexibility index (Phi) is 2.33. The lowest BCUT2D eigenvalue weighted by atomic mass is 10.1. The van der Waals surface area contributed by atoms with Crippen LogP contribution in [-0.4, -0.2) is 11.5 Å². The summed E-state index contributed by atoms with van der Waals surface area (Å²) in [6.45, 7) is 0. The van der Waals surface area contributed by atoms with Crippen LogP contribution < -0.4 is 0 Å². The first kappa shape index (κ1) is 8.46. The molecule has 2 atom stereocenters. The monoisotopic (exact) mass is 198 g/mol. The fraction of sp³-hybridized carbons (Fsp3) is 0.400. The number of alkyl halides is 1. The molecule has 2 rings (SSSR count). The highest BCUT2D eigenvalue weighted by molar-refractivity contribution is 7.99. The molecular weight excluding hydrogens is 188 g/mol. The van der Waals surface area contributed by atoms with Crippen molar-refractivity contribution in [1.29, 1.82) is 0 Å². The van der Waals surface area contributed by atoms with Crippen molar-refractivity contribution in [3.63, 3.8) is 0 Å². The molecule has 12 heavy (non-hydrogen) atoms. The van der Waals surface area contributed by atoms with Gasteiger partial charge in [0.15, 0.2) is 0 Å². The number of fused-ring (bicyclic) bond motifs is 1. The molecule has 1 aromatic rings. The van der Waals surface area contributed by atoms with E-state index >= 15 is 0 Å². The Morgan fingerprint density at radius 1 is 1.42 bits per heavy atom. The molecule has 0 heterocycles. The highest BCUT2D eigenvalue weighted by Gasteiger charge is 2.29. The summed E-state index contributed by atoms with van der Waals surface area (Å²) in [6.07, 6.45) is 3.26. The molecule has 0 bridgehead atoms. The van der Waals surface area contributed by atoms with Crippen LogP contribution in [-0.2, 0) is 6.42 Å². The van der Waals surface area contributed by atoms with Crippen LogP contribution in [0.25, 0.3) is 0 Å². The first-order chi connectivity index (χ1) is 5.83. The Bertz CT molecular complexity index is 285. The minimum Gasteiger partial charge on any atom is -0.160 e. The van der Waals surface area contributed by atoms with E-state index in [9.17, 15) is 0 Å². The van der Waals surface area contributed by atoms with Gasteiger partial charge in [0, 0.05) is 5.25 Å². The van der Waals surface area contributed by atoms with E-state index in [1.54, 1.807) is 0 Å².